The van der Waals surface area contributed by atoms with Gasteiger partial charge in [-0.2, -0.15) is 0 Å². The Morgan fingerprint density at radius 2 is 1.90 bits per heavy atom. The van der Waals surface area contributed by atoms with Crippen LogP contribution in [0.5, 0.6) is 23.0 Å². The van der Waals surface area contributed by atoms with E-state index in [2.05, 4.69) is 6.92 Å². The Hall–Kier alpha value is -3.22. The van der Waals surface area contributed by atoms with Crippen molar-refractivity contribution < 1.29 is 33.3 Å². The Bertz CT molecular complexity index is 937. The van der Waals surface area contributed by atoms with Crippen molar-refractivity contribution >= 4 is 11.8 Å². The van der Waals surface area contributed by atoms with Gasteiger partial charge in [0.15, 0.2) is 23.2 Å². The summed E-state index contributed by atoms with van der Waals surface area (Å²) in [6.45, 7) is 2.77. The number of unbranched alkanes of at least 4 members (excludes halogenated alkanes) is 1. The average molecular weight is 398 g/mol. The lowest BCUT2D eigenvalue weighted by Gasteiger charge is -2.31. The fourth-order valence-corrected chi connectivity index (χ4v) is 3.45. The fraction of sp³-hybridized carbons (Fsp3) is 0.364. The number of esters is 1. The molecule has 2 heterocycles. The van der Waals surface area contributed by atoms with Crippen molar-refractivity contribution in [1.29, 1.82) is 0 Å². The number of hydrogen-bond donors (Lipinski definition) is 0. The Labute approximate surface area is 168 Å². The van der Waals surface area contributed by atoms with Gasteiger partial charge in [0, 0.05) is 0 Å². The molecule has 0 saturated heterocycles. The minimum Gasteiger partial charge on any atom is -0.494 e. The Balaban J connectivity index is 1.68. The van der Waals surface area contributed by atoms with Crippen molar-refractivity contribution in [2.45, 2.75) is 25.9 Å². The van der Waals surface area contributed by atoms with Crippen LogP contribution in [0.2, 0.25) is 0 Å². The topological polar surface area (TPSA) is 80.3 Å². The van der Waals surface area contributed by atoms with E-state index in [1.165, 1.54) is 7.11 Å². The largest absolute Gasteiger partial charge is 0.494 e. The Morgan fingerprint density at radius 1 is 1.10 bits per heavy atom. The number of ketones is 1. The van der Waals surface area contributed by atoms with E-state index in [1.807, 2.05) is 0 Å². The first-order chi connectivity index (χ1) is 14.1. The summed E-state index contributed by atoms with van der Waals surface area (Å²) < 4.78 is 27.4. The molecule has 29 heavy (non-hydrogen) atoms. The van der Waals surface area contributed by atoms with E-state index in [9.17, 15) is 9.59 Å². The molecule has 4 rings (SSSR count). The first kappa shape index (κ1) is 19.1. The molecule has 0 fully saturated rings. The van der Waals surface area contributed by atoms with Gasteiger partial charge in [-0.15, -0.1) is 0 Å². The molecule has 0 N–H and O–H groups in total. The van der Waals surface area contributed by atoms with Gasteiger partial charge in [0.1, 0.15) is 17.6 Å². The number of benzene rings is 2. The molecule has 152 valence electrons. The van der Waals surface area contributed by atoms with Crippen LogP contribution in [0.15, 0.2) is 36.4 Å². The molecule has 0 spiro atoms. The van der Waals surface area contributed by atoms with Crippen molar-refractivity contribution in [2.24, 2.45) is 5.92 Å². The third-order valence-electron chi connectivity index (χ3n) is 5.00. The molecule has 0 saturated carbocycles. The summed E-state index contributed by atoms with van der Waals surface area (Å²) in [6, 6.07) is 10.3. The second-order valence-corrected chi connectivity index (χ2v) is 6.88. The molecule has 2 aliphatic heterocycles. The van der Waals surface area contributed by atoms with Crippen LogP contribution < -0.4 is 18.9 Å². The minimum absolute atomic E-state index is 0.132. The number of hydrogen-bond acceptors (Lipinski definition) is 7. The maximum absolute atomic E-state index is 13.2. The van der Waals surface area contributed by atoms with Gasteiger partial charge in [-0.3, -0.25) is 9.59 Å². The molecule has 0 unspecified atom stereocenters. The molecule has 0 amide bonds. The van der Waals surface area contributed by atoms with Crippen molar-refractivity contribution in [3.8, 4) is 23.0 Å². The number of carbonyl (C=O) groups excluding carboxylic acids is 2. The van der Waals surface area contributed by atoms with Gasteiger partial charge in [-0.25, -0.2) is 0 Å². The van der Waals surface area contributed by atoms with Crippen molar-refractivity contribution in [3.63, 3.8) is 0 Å². The molecule has 2 aromatic carbocycles. The van der Waals surface area contributed by atoms with Gasteiger partial charge < -0.3 is 23.7 Å². The molecule has 2 aliphatic rings. The SMILES string of the molecule is CCCCOc1ccc2c(c1)C(=O)[C@H](C(=O)OC)[C@@H](c1ccc3c(c1)OCO3)O2. The third kappa shape index (κ3) is 3.60. The van der Waals surface area contributed by atoms with E-state index in [0.29, 0.717) is 40.7 Å². The maximum Gasteiger partial charge on any atom is 0.320 e. The summed E-state index contributed by atoms with van der Waals surface area (Å²) in [4.78, 5) is 25.7. The summed E-state index contributed by atoms with van der Waals surface area (Å²) >= 11 is 0. The molecule has 7 heteroatoms. The van der Waals surface area contributed by atoms with Gasteiger partial charge in [-0.05, 0) is 42.3 Å². The van der Waals surface area contributed by atoms with Crippen molar-refractivity contribution in [2.75, 3.05) is 20.5 Å². The average Bonchev–Trinajstić information content (AvgIpc) is 3.21. The highest BCUT2D eigenvalue weighted by Crippen LogP contribution is 2.43. The predicted octanol–water partition coefficient (Wildman–Crippen LogP) is 3.70. The Morgan fingerprint density at radius 3 is 2.69 bits per heavy atom. The summed E-state index contributed by atoms with van der Waals surface area (Å²) in [5, 5.41) is 0. The minimum atomic E-state index is -1.13. The zero-order valence-electron chi connectivity index (χ0n) is 16.3. The lowest BCUT2D eigenvalue weighted by molar-refractivity contribution is -0.146. The van der Waals surface area contributed by atoms with Crippen molar-refractivity contribution in [1.82, 2.24) is 0 Å². The molecule has 0 aliphatic carbocycles. The Kier molecular flexibility index (Phi) is 5.29. The summed E-state index contributed by atoms with van der Waals surface area (Å²) in [7, 11) is 1.26. The molecular formula is C22H22O7. The summed E-state index contributed by atoms with van der Waals surface area (Å²) in [6.07, 6.45) is 1.09. The first-order valence-electron chi connectivity index (χ1n) is 9.57. The van der Waals surface area contributed by atoms with Gasteiger partial charge in [0.25, 0.3) is 0 Å². The normalized spacial score (nSPS) is 19.3. The van der Waals surface area contributed by atoms with Crippen LogP contribution in [-0.4, -0.2) is 32.3 Å². The van der Waals surface area contributed by atoms with Crippen LogP contribution in [0.25, 0.3) is 0 Å². The molecule has 2 atom stereocenters. The van der Waals surface area contributed by atoms with Crippen LogP contribution in [0.3, 0.4) is 0 Å². The highest BCUT2D eigenvalue weighted by Gasteiger charge is 2.44. The summed E-state index contributed by atoms with van der Waals surface area (Å²) in [5.74, 6) is -0.00606. The predicted molar refractivity (Wildman–Crippen MR) is 103 cm³/mol. The smallest absolute Gasteiger partial charge is 0.320 e. The monoisotopic (exact) mass is 398 g/mol. The highest BCUT2D eigenvalue weighted by molar-refractivity contribution is 6.11. The molecule has 0 radical (unpaired) electrons. The van der Waals surface area contributed by atoms with E-state index < -0.39 is 18.0 Å². The summed E-state index contributed by atoms with van der Waals surface area (Å²) in [5.41, 5.74) is 0.943. The van der Waals surface area contributed by atoms with E-state index in [1.54, 1.807) is 36.4 Å². The van der Waals surface area contributed by atoms with Crippen LogP contribution >= 0.6 is 0 Å². The molecule has 0 bridgehead atoms. The second kappa shape index (κ2) is 8.03. The van der Waals surface area contributed by atoms with Crippen LogP contribution in [0.1, 0.15) is 41.8 Å². The van der Waals surface area contributed by atoms with Gasteiger partial charge in [0.05, 0.1) is 19.3 Å². The highest BCUT2D eigenvalue weighted by atomic mass is 16.7. The zero-order chi connectivity index (χ0) is 20.4. The van der Waals surface area contributed by atoms with Crippen molar-refractivity contribution in [3.05, 3.63) is 47.5 Å². The van der Waals surface area contributed by atoms with Crippen LogP contribution in [0.4, 0.5) is 0 Å². The number of rotatable bonds is 6. The van der Waals surface area contributed by atoms with Gasteiger partial charge in [0.2, 0.25) is 6.79 Å². The van der Waals surface area contributed by atoms with E-state index in [4.69, 9.17) is 23.7 Å². The lowest BCUT2D eigenvalue weighted by Crippen LogP contribution is -2.37. The zero-order valence-corrected chi connectivity index (χ0v) is 16.3. The first-order valence-corrected chi connectivity index (χ1v) is 9.57. The number of methoxy groups -OCH3 is 1. The standard InChI is InChI=1S/C22H22O7/c1-3-4-9-26-14-6-8-16-15(11-14)20(23)19(22(24)25-2)21(29-16)13-5-7-17-18(10-13)28-12-27-17/h5-8,10-11,19,21H,3-4,9,12H2,1-2H3/t19-,21+/m0/s1. The number of carbonyl (C=O) groups is 2. The number of ether oxygens (including phenoxy) is 5. The quantitative estimate of drug-likeness (QED) is 0.417. The van der Waals surface area contributed by atoms with E-state index in [0.717, 1.165) is 12.8 Å². The third-order valence-corrected chi connectivity index (χ3v) is 5.00. The lowest BCUT2D eigenvalue weighted by atomic mass is 9.85. The molecular weight excluding hydrogens is 376 g/mol. The van der Waals surface area contributed by atoms with E-state index >= 15 is 0 Å². The number of fused-ring (bicyclic) bond motifs is 2. The molecule has 2 aromatic rings. The van der Waals surface area contributed by atoms with Crippen LogP contribution in [0, 0.1) is 5.92 Å². The van der Waals surface area contributed by atoms with Gasteiger partial charge >= 0.3 is 5.97 Å². The number of Topliss-reactive ketones (excluding diaryl/α,β-unsaturated/α-hetero) is 1. The van der Waals surface area contributed by atoms with Crippen LogP contribution in [-0.2, 0) is 9.53 Å². The maximum atomic E-state index is 13.2. The second-order valence-electron chi connectivity index (χ2n) is 6.88. The van der Waals surface area contributed by atoms with E-state index in [-0.39, 0.29) is 12.6 Å². The fourth-order valence-electron chi connectivity index (χ4n) is 3.45. The molecule has 7 nitrogen and oxygen atoms in total. The van der Waals surface area contributed by atoms with Gasteiger partial charge in [-0.1, -0.05) is 19.4 Å². The molecule has 0 aromatic heterocycles.